The summed E-state index contributed by atoms with van der Waals surface area (Å²) in [5.74, 6) is 1.96. The first-order valence-corrected chi connectivity index (χ1v) is 13.1. The maximum Gasteiger partial charge on any atom is 0.414 e. The van der Waals surface area contributed by atoms with Crippen LogP contribution in [0.2, 0.25) is 0 Å². The molecule has 7 nitrogen and oxygen atoms in total. The summed E-state index contributed by atoms with van der Waals surface area (Å²) < 4.78 is 25.8. The van der Waals surface area contributed by atoms with E-state index in [4.69, 9.17) is 9.26 Å². The van der Waals surface area contributed by atoms with Crippen molar-refractivity contribution in [3.63, 3.8) is 0 Å². The Morgan fingerprint density at radius 3 is 2.56 bits per heavy atom. The second-order valence-corrected chi connectivity index (χ2v) is 10.8. The Labute approximate surface area is 215 Å². The van der Waals surface area contributed by atoms with E-state index in [0.29, 0.717) is 17.2 Å². The van der Waals surface area contributed by atoms with E-state index >= 15 is 0 Å². The lowest BCUT2D eigenvalue weighted by Gasteiger charge is -2.29. The quantitative estimate of drug-likeness (QED) is 0.333. The summed E-state index contributed by atoms with van der Waals surface area (Å²) in [5, 5.41) is 6.93. The van der Waals surface area contributed by atoms with Crippen molar-refractivity contribution in [3.05, 3.63) is 71.7 Å². The fraction of sp³-hybridized carbons (Fsp3) is 0.370. The molecule has 1 N–H and O–H groups in total. The summed E-state index contributed by atoms with van der Waals surface area (Å²) in [6.07, 6.45) is -0.582. The first kappa shape index (κ1) is 25.8. The van der Waals surface area contributed by atoms with Crippen LogP contribution in [0.15, 0.2) is 64.1 Å². The smallest absolute Gasteiger partial charge is 0.414 e. The molecule has 3 aromatic rings. The summed E-state index contributed by atoms with van der Waals surface area (Å²) in [7, 11) is 0. The van der Waals surface area contributed by atoms with Gasteiger partial charge in [-0.1, -0.05) is 54.5 Å². The molecule has 9 heteroatoms. The van der Waals surface area contributed by atoms with Crippen molar-refractivity contribution in [1.29, 1.82) is 0 Å². The molecule has 1 unspecified atom stereocenters. The molecule has 2 aromatic carbocycles. The molecule has 0 radical (unpaired) electrons. The number of thioether (sulfide) groups is 1. The predicted molar refractivity (Wildman–Crippen MR) is 141 cm³/mol. The number of alkyl carbamates (subject to hydrolysis) is 1. The van der Waals surface area contributed by atoms with E-state index in [2.05, 4.69) is 15.5 Å². The van der Waals surface area contributed by atoms with Gasteiger partial charge in [0, 0.05) is 42.1 Å². The topological polar surface area (TPSA) is 80.0 Å². The van der Waals surface area contributed by atoms with Gasteiger partial charge in [0.1, 0.15) is 11.4 Å². The Hall–Kier alpha value is -3.33. The van der Waals surface area contributed by atoms with Crippen molar-refractivity contribution in [2.45, 2.75) is 39.2 Å². The van der Waals surface area contributed by atoms with Gasteiger partial charge < -0.3 is 14.2 Å². The Kier molecular flexibility index (Phi) is 7.98. The number of carbonyl (C=O) groups is 1. The number of amides is 1. The molecular formula is C27H31FN4O3S. The molecule has 1 fully saturated rings. The zero-order valence-corrected chi connectivity index (χ0v) is 21.8. The summed E-state index contributed by atoms with van der Waals surface area (Å²) in [6, 6.07) is 16.4. The van der Waals surface area contributed by atoms with Crippen molar-refractivity contribution < 1.29 is 18.4 Å². The van der Waals surface area contributed by atoms with Gasteiger partial charge in [0.2, 0.25) is 5.96 Å². The number of guanidine groups is 1. The highest BCUT2D eigenvalue weighted by atomic mass is 32.2. The van der Waals surface area contributed by atoms with Crippen LogP contribution in [-0.4, -0.2) is 52.3 Å². The van der Waals surface area contributed by atoms with E-state index in [-0.39, 0.29) is 17.6 Å². The number of nitrogens with zero attached hydrogens (tertiary/aromatic N) is 3. The Morgan fingerprint density at radius 1 is 1.17 bits per heavy atom. The lowest BCUT2D eigenvalue weighted by atomic mass is 9.95. The van der Waals surface area contributed by atoms with Crippen molar-refractivity contribution in [3.8, 4) is 11.1 Å². The molecule has 0 spiro atoms. The van der Waals surface area contributed by atoms with Crippen molar-refractivity contribution >= 4 is 29.7 Å². The molecule has 0 bridgehead atoms. The fourth-order valence-corrected chi connectivity index (χ4v) is 4.71. The normalized spacial score (nSPS) is 15.5. The number of halogens is 1. The maximum atomic E-state index is 14.9. The average Bonchev–Trinajstić information content (AvgIpc) is 3.31. The molecule has 2 heterocycles. The minimum Gasteiger partial charge on any atom is -0.444 e. The van der Waals surface area contributed by atoms with Crippen LogP contribution in [0.4, 0.5) is 15.1 Å². The maximum absolute atomic E-state index is 14.9. The first-order chi connectivity index (χ1) is 17.2. The number of nitrogens with one attached hydrogen (secondary N) is 1. The van der Waals surface area contributed by atoms with Gasteiger partial charge in [-0.15, -0.1) is 0 Å². The standard InChI is InChI=1S/C27H31FN4O3S/c1-18(20-10-11-21(22(28)16-20)19-8-6-5-7-9-19)23-17-24(35-31-23)29-25(32-12-14-36-15-13-32)30-26(33)34-27(2,3)4/h5-11,16-18H,12-15H2,1-4H3,(H,29,30,33). The highest BCUT2D eigenvalue weighted by Gasteiger charge is 2.23. The van der Waals surface area contributed by atoms with Crippen molar-refractivity contribution in [2.24, 2.45) is 4.99 Å². The molecule has 1 aliphatic heterocycles. The molecule has 190 valence electrons. The van der Waals surface area contributed by atoms with E-state index < -0.39 is 11.7 Å². The van der Waals surface area contributed by atoms with E-state index in [0.717, 1.165) is 35.7 Å². The first-order valence-electron chi connectivity index (χ1n) is 11.9. The van der Waals surface area contributed by atoms with Crippen LogP contribution in [0.3, 0.4) is 0 Å². The molecule has 36 heavy (non-hydrogen) atoms. The third-order valence-corrected chi connectivity index (χ3v) is 6.62. The number of benzene rings is 2. The lowest BCUT2D eigenvalue weighted by Crippen LogP contribution is -2.48. The van der Waals surface area contributed by atoms with Gasteiger partial charge in [0.15, 0.2) is 0 Å². The zero-order valence-electron chi connectivity index (χ0n) is 21.0. The fourth-order valence-electron chi connectivity index (χ4n) is 3.81. The highest BCUT2D eigenvalue weighted by Crippen LogP contribution is 2.30. The summed E-state index contributed by atoms with van der Waals surface area (Å²) in [5.41, 5.74) is 2.14. The summed E-state index contributed by atoms with van der Waals surface area (Å²) in [4.78, 5) is 19.0. The second kappa shape index (κ2) is 11.2. The van der Waals surface area contributed by atoms with Crippen LogP contribution in [0.1, 0.15) is 44.9 Å². The minimum absolute atomic E-state index is 0.217. The third-order valence-electron chi connectivity index (χ3n) is 5.68. The molecular weight excluding hydrogens is 479 g/mol. The molecule has 1 aliphatic rings. The molecule has 1 amide bonds. The van der Waals surface area contributed by atoms with E-state index in [1.807, 2.05) is 60.0 Å². The van der Waals surface area contributed by atoms with Crippen LogP contribution in [0.25, 0.3) is 11.1 Å². The predicted octanol–water partition coefficient (Wildman–Crippen LogP) is 6.19. The van der Waals surface area contributed by atoms with Crippen molar-refractivity contribution in [1.82, 2.24) is 15.4 Å². The Morgan fingerprint density at radius 2 is 1.89 bits per heavy atom. The third kappa shape index (κ3) is 6.66. The number of hydrogen-bond acceptors (Lipinski definition) is 6. The number of carbonyl (C=O) groups excluding carboxylic acids is 1. The molecule has 0 aliphatic carbocycles. The van der Waals surface area contributed by atoms with Gasteiger partial charge in [-0.25, -0.2) is 9.18 Å². The van der Waals surface area contributed by atoms with Gasteiger partial charge in [-0.2, -0.15) is 16.8 Å². The van der Waals surface area contributed by atoms with Gasteiger partial charge >= 0.3 is 6.09 Å². The van der Waals surface area contributed by atoms with Crippen LogP contribution >= 0.6 is 11.8 Å². The Bertz CT molecular complexity index is 1220. The van der Waals surface area contributed by atoms with E-state index in [1.165, 1.54) is 6.07 Å². The van der Waals surface area contributed by atoms with Crippen molar-refractivity contribution in [2.75, 3.05) is 24.6 Å². The number of aliphatic imine (C=N–C) groups is 1. The number of hydrogen-bond donors (Lipinski definition) is 1. The number of rotatable bonds is 4. The van der Waals surface area contributed by atoms with E-state index in [9.17, 15) is 9.18 Å². The Balaban J connectivity index is 1.54. The highest BCUT2D eigenvalue weighted by molar-refractivity contribution is 7.99. The molecule has 0 saturated carbocycles. The number of ether oxygens (including phenoxy) is 1. The van der Waals surface area contributed by atoms with Gasteiger partial charge in [0.25, 0.3) is 5.88 Å². The van der Waals surface area contributed by atoms with E-state index in [1.54, 1.807) is 32.9 Å². The number of aromatic nitrogens is 1. The SMILES string of the molecule is CC(c1ccc(-c2ccccc2)c(F)c1)c1cc(/N=C(/NC(=O)OC(C)(C)C)N2CCSCC2)on1. The molecule has 1 aromatic heterocycles. The van der Waals surface area contributed by atoms with Crippen LogP contribution in [-0.2, 0) is 4.74 Å². The zero-order chi connectivity index (χ0) is 25.7. The lowest BCUT2D eigenvalue weighted by molar-refractivity contribution is 0.0556. The van der Waals surface area contributed by atoms with Gasteiger partial charge in [-0.05, 0) is 38.0 Å². The molecule has 4 rings (SSSR count). The largest absolute Gasteiger partial charge is 0.444 e. The van der Waals surface area contributed by atoms with Crippen LogP contribution in [0.5, 0.6) is 0 Å². The average molecular weight is 511 g/mol. The molecule has 1 atom stereocenters. The summed E-state index contributed by atoms with van der Waals surface area (Å²) in [6.45, 7) is 8.83. The van der Waals surface area contributed by atoms with Crippen LogP contribution < -0.4 is 5.32 Å². The van der Waals surface area contributed by atoms with Gasteiger partial charge in [0.05, 0.1) is 5.69 Å². The van der Waals surface area contributed by atoms with Crippen LogP contribution in [0, 0.1) is 5.82 Å². The summed E-state index contributed by atoms with van der Waals surface area (Å²) >= 11 is 1.85. The monoisotopic (exact) mass is 510 g/mol. The van der Waals surface area contributed by atoms with Gasteiger partial charge in [-0.3, -0.25) is 5.32 Å². The molecule has 1 saturated heterocycles. The second-order valence-electron chi connectivity index (χ2n) is 9.58. The minimum atomic E-state index is -0.632.